The van der Waals surface area contributed by atoms with Crippen LogP contribution in [0.25, 0.3) is 0 Å². The van der Waals surface area contributed by atoms with Crippen molar-refractivity contribution in [1.82, 2.24) is 0 Å². The molecule has 1 spiro atoms. The minimum Gasteiger partial charge on any atom is -0.374 e. The molecule has 0 bridgehead atoms. The highest BCUT2D eigenvalue weighted by molar-refractivity contribution is 5.91. The van der Waals surface area contributed by atoms with Crippen LogP contribution in [-0.2, 0) is 9.53 Å². The minimum atomic E-state index is 0.223. The molecular weight excluding hydrogens is 284 g/mol. The van der Waals surface area contributed by atoms with Gasteiger partial charge in [-0.05, 0) is 93.0 Å². The predicted octanol–water partition coefficient (Wildman–Crippen LogP) is 4.68. The van der Waals surface area contributed by atoms with E-state index in [2.05, 4.69) is 6.92 Å². The van der Waals surface area contributed by atoms with Crippen LogP contribution in [0.3, 0.4) is 0 Å². The summed E-state index contributed by atoms with van der Waals surface area (Å²) in [7, 11) is 0. The van der Waals surface area contributed by atoms with Crippen LogP contribution in [0.4, 0.5) is 0 Å². The van der Waals surface area contributed by atoms with Gasteiger partial charge in [0.15, 0.2) is 5.78 Å². The molecule has 5 unspecified atom stereocenters. The largest absolute Gasteiger partial charge is 0.374 e. The normalized spacial score (nSPS) is 52.0. The Bertz CT molecular complexity index is 556. The van der Waals surface area contributed by atoms with Crippen LogP contribution in [0.2, 0.25) is 0 Å². The number of hydrogen-bond donors (Lipinski definition) is 0. The van der Waals surface area contributed by atoms with Gasteiger partial charge < -0.3 is 4.74 Å². The van der Waals surface area contributed by atoms with E-state index in [9.17, 15) is 4.79 Å². The SMILES string of the molecule is CC12CCC3C4CCC(=O)C=C4CCC3C1CC[C@@]21CCCO1. The van der Waals surface area contributed by atoms with Crippen molar-refractivity contribution >= 4 is 5.78 Å². The Morgan fingerprint density at radius 1 is 1.04 bits per heavy atom. The highest BCUT2D eigenvalue weighted by Gasteiger charge is 2.63. The first-order valence-electron chi connectivity index (χ1n) is 10.0. The molecule has 4 fully saturated rings. The first kappa shape index (κ1) is 14.7. The lowest BCUT2D eigenvalue weighted by molar-refractivity contribution is -0.128. The van der Waals surface area contributed by atoms with E-state index in [1.54, 1.807) is 0 Å². The zero-order valence-corrected chi connectivity index (χ0v) is 14.5. The Morgan fingerprint density at radius 3 is 2.78 bits per heavy atom. The van der Waals surface area contributed by atoms with Crippen LogP contribution in [0, 0.1) is 29.1 Å². The van der Waals surface area contributed by atoms with Gasteiger partial charge in [0.2, 0.25) is 0 Å². The summed E-state index contributed by atoms with van der Waals surface area (Å²) in [5.74, 6) is 3.75. The standard InChI is InChI=1S/C21H30O2/c1-20-10-7-17-16-6-4-15(22)13-14(16)3-5-18(17)19(20)8-11-21(20)9-2-12-23-21/h13,16-19H,2-12H2,1H3/t16?,17?,18?,19?,20?,21-/m0/s1. The first-order chi connectivity index (χ1) is 11.1. The first-order valence-corrected chi connectivity index (χ1v) is 10.0. The van der Waals surface area contributed by atoms with Gasteiger partial charge >= 0.3 is 0 Å². The maximum atomic E-state index is 11.8. The second-order valence-corrected chi connectivity index (χ2v) is 9.24. The average molecular weight is 314 g/mol. The van der Waals surface area contributed by atoms with Crippen LogP contribution >= 0.6 is 0 Å². The van der Waals surface area contributed by atoms with Crippen molar-refractivity contribution in [3.8, 4) is 0 Å². The summed E-state index contributed by atoms with van der Waals surface area (Å²) >= 11 is 0. The Balaban J connectivity index is 1.46. The van der Waals surface area contributed by atoms with Gasteiger partial charge in [0.05, 0.1) is 5.60 Å². The Morgan fingerprint density at radius 2 is 1.96 bits per heavy atom. The molecule has 1 saturated heterocycles. The van der Waals surface area contributed by atoms with Gasteiger partial charge in [-0.3, -0.25) is 4.79 Å². The van der Waals surface area contributed by atoms with E-state index in [1.165, 1.54) is 56.9 Å². The zero-order chi connectivity index (χ0) is 15.7. The Hall–Kier alpha value is -0.630. The lowest BCUT2D eigenvalue weighted by Gasteiger charge is -2.56. The van der Waals surface area contributed by atoms with E-state index >= 15 is 0 Å². The molecule has 0 aromatic carbocycles. The van der Waals surface area contributed by atoms with Crippen molar-refractivity contribution in [1.29, 1.82) is 0 Å². The maximum Gasteiger partial charge on any atom is 0.155 e. The van der Waals surface area contributed by atoms with Crippen LogP contribution in [0.1, 0.15) is 71.1 Å². The molecular formula is C21H30O2. The van der Waals surface area contributed by atoms with Gasteiger partial charge in [-0.15, -0.1) is 0 Å². The summed E-state index contributed by atoms with van der Waals surface area (Å²) in [4.78, 5) is 11.8. The van der Waals surface area contributed by atoms with Crippen molar-refractivity contribution in [2.45, 2.75) is 76.7 Å². The number of fused-ring (bicyclic) bond motifs is 6. The van der Waals surface area contributed by atoms with Gasteiger partial charge in [-0.1, -0.05) is 12.5 Å². The second-order valence-electron chi connectivity index (χ2n) is 9.24. The molecule has 0 radical (unpaired) electrons. The summed E-state index contributed by atoms with van der Waals surface area (Å²) in [5, 5.41) is 0. The smallest absolute Gasteiger partial charge is 0.155 e. The Labute approximate surface area is 140 Å². The van der Waals surface area contributed by atoms with Crippen molar-refractivity contribution < 1.29 is 9.53 Å². The number of carbonyl (C=O) groups is 1. The number of hydrogen-bond acceptors (Lipinski definition) is 2. The number of carbonyl (C=O) groups excluding carboxylic acids is 1. The Kier molecular flexibility index (Phi) is 3.15. The summed E-state index contributed by atoms with van der Waals surface area (Å²) in [6, 6.07) is 0. The maximum absolute atomic E-state index is 11.8. The summed E-state index contributed by atoms with van der Waals surface area (Å²) < 4.78 is 6.42. The van der Waals surface area contributed by atoms with Gasteiger partial charge in [0.1, 0.15) is 0 Å². The number of allylic oxidation sites excluding steroid dienone is 1. The molecule has 5 rings (SSSR count). The molecule has 126 valence electrons. The number of ether oxygens (including phenoxy) is 1. The molecule has 0 aromatic heterocycles. The van der Waals surface area contributed by atoms with E-state index in [-0.39, 0.29) is 5.60 Å². The fraction of sp³-hybridized carbons (Fsp3) is 0.857. The number of rotatable bonds is 0. The monoisotopic (exact) mass is 314 g/mol. The molecule has 0 N–H and O–H groups in total. The van der Waals surface area contributed by atoms with E-state index in [0.717, 1.165) is 43.1 Å². The molecule has 5 aliphatic rings. The van der Waals surface area contributed by atoms with E-state index in [0.29, 0.717) is 11.2 Å². The van der Waals surface area contributed by atoms with Crippen molar-refractivity contribution in [3.63, 3.8) is 0 Å². The van der Waals surface area contributed by atoms with Gasteiger partial charge in [0, 0.05) is 13.0 Å². The van der Waals surface area contributed by atoms with Crippen molar-refractivity contribution in [2.24, 2.45) is 29.1 Å². The van der Waals surface area contributed by atoms with E-state index in [4.69, 9.17) is 4.74 Å². The molecule has 6 atom stereocenters. The fourth-order valence-corrected chi connectivity index (χ4v) is 7.62. The molecule has 1 heterocycles. The van der Waals surface area contributed by atoms with Crippen molar-refractivity contribution in [2.75, 3.05) is 6.61 Å². The zero-order valence-electron chi connectivity index (χ0n) is 14.5. The van der Waals surface area contributed by atoms with E-state index < -0.39 is 0 Å². The summed E-state index contributed by atoms with van der Waals surface area (Å²) in [6.45, 7) is 3.57. The molecule has 4 aliphatic carbocycles. The summed E-state index contributed by atoms with van der Waals surface area (Å²) in [5.41, 5.74) is 2.16. The third-order valence-electron chi connectivity index (χ3n) is 8.69. The molecule has 0 amide bonds. The highest BCUT2D eigenvalue weighted by atomic mass is 16.5. The second kappa shape index (κ2) is 4.94. The van der Waals surface area contributed by atoms with Crippen LogP contribution in [0.5, 0.6) is 0 Å². The molecule has 2 heteroatoms. The average Bonchev–Trinajstić information content (AvgIpc) is 3.14. The van der Waals surface area contributed by atoms with Crippen LogP contribution < -0.4 is 0 Å². The highest BCUT2D eigenvalue weighted by Crippen LogP contribution is 2.67. The topological polar surface area (TPSA) is 26.3 Å². The molecule has 1 aliphatic heterocycles. The van der Waals surface area contributed by atoms with Crippen molar-refractivity contribution in [3.05, 3.63) is 11.6 Å². The molecule has 0 aromatic rings. The van der Waals surface area contributed by atoms with Gasteiger partial charge in [-0.2, -0.15) is 0 Å². The third kappa shape index (κ3) is 1.88. The predicted molar refractivity (Wildman–Crippen MR) is 90.0 cm³/mol. The molecule has 3 saturated carbocycles. The lowest BCUT2D eigenvalue weighted by atomic mass is 9.50. The lowest BCUT2D eigenvalue weighted by Crippen LogP contribution is -2.52. The molecule has 2 nitrogen and oxygen atoms in total. The van der Waals surface area contributed by atoms with Gasteiger partial charge in [-0.25, -0.2) is 0 Å². The van der Waals surface area contributed by atoms with Gasteiger partial charge in [0.25, 0.3) is 0 Å². The van der Waals surface area contributed by atoms with Crippen LogP contribution in [-0.4, -0.2) is 18.0 Å². The van der Waals surface area contributed by atoms with E-state index in [1.807, 2.05) is 6.08 Å². The number of ketones is 1. The quantitative estimate of drug-likeness (QED) is 0.649. The van der Waals surface area contributed by atoms with Crippen LogP contribution in [0.15, 0.2) is 11.6 Å². The third-order valence-corrected chi connectivity index (χ3v) is 8.69. The molecule has 23 heavy (non-hydrogen) atoms. The summed E-state index contributed by atoms with van der Waals surface area (Å²) in [6.07, 6.45) is 14.5. The fourth-order valence-electron chi connectivity index (χ4n) is 7.62. The minimum absolute atomic E-state index is 0.223.